The lowest BCUT2D eigenvalue weighted by Gasteiger charge is -2.28. The molecule has 7 nitrogen and oxygen atoms in total. The number of carbonyl (C=O) groups excluding carboxylic acids is 3. The van der Waals surface area contributed by atoms with Crippen molar-refractivity contribution in [1.82, 2.24) is 9.88 Å². The van der Waals surface area contributed by atoms with E-state index in [1.807, 2.05) is 36.1 Å². The molecule has 1 fully saturated rings. The van der Waals surface area contributed by atoms with Gasteiger partial charge in [-0.15, -0.1) is 0 Å². The minimum absolute atomic E-state index is 0.00867. The molecule has 0 radical (unpaired) electrons. The lowest BCUT2D eigenvalue weighted by molar-refractivity contribution is -0.136. The normalized spacial score (nSPS) is 18.9. The number of benzene rings is 1. The van der Waals surface area contributed by atoms with Crippen LogP contribution in [-0.2, 0) is 27.3 Å². The molecule has 1 saturated heterocycles. The molecule has 0 aliphatic carbocycles. The quantitative estimate of drug-likeness (QED) is 0.860. The number of nitrogens with one attached hydrogen (secondary N) is 1. The zero-order valence-corrected chi connectivity index (χ0v) is 16.7. The van der Waals surface area contributed by atoms with Gasteiger partial charge >= 0.3 is 0 Å². The maximum absolute atomic E-state index is 13.0. The monoisotopic (exact) mass is 398 g/mol. The number of anilines is 2. The van der Waals surface area contributed by atoms with Gasteiger partial charge in [-0.1, -0.05) is 29.0 Å². The molecule has 0 spiro atoms. The summed E-state index contributed by atoms with van der Waals surface area (Å²) in [5.74, 6) is -0.466. The summed E-state index contributed by atoms with van der Waals surface area (Å²) in [4.78, 5) is 45.7. The van der Waals surface area contributed by atoms with E-state index in [0.717, 1.165) is 21.8 Å². The Morgan fingerprint density at radius 3 is 2.71 bits per heavy atom. The van der Waals surface area contributed by atoms with E-state index >= 15 is 0 Å². The molecular weight excluding hydrogens is 376 g/mol. The largest absolute Gasteiger partial charge is 0.337 e. The van der Waals surface area contributed by atoms with Gasteiger partial charge < -0.3 is 15.1 Å². The number of carbonyl (C=O) groups is 3. The van der Waals surface area contributed by atoms with Gasteiger partial charge in [0.25, 0.3) is 0 Å². The molecule has 146 valence electrons. The number of aryl methyl sites for hydroxylation is 1. The summed E-state index contributed by atoms with van der Waals surface area (Å²) in [6, 6.07) is 7.79. The van der Waals surface area contributed by atoms with Gasteiger partial charge in [0.15, 0.2) is 5.13 Å². The van der Waals surface area contributed by atoms with Crippen LogP contribution in [0.25, 0.3) is 0 Å². The van der Waals surface area contributed by atoms with Gasteiger partial charge in [0.1, 0.15) is 0 Å². The van der Waals surface area contributed by atoms with Crippen LogP contribution in [0.5, 0.6) is 0 Å². The smallest absolute Gasteiger partial charge is 0.228 e. The van der Waals surface area contributed by atoms with E-state index < -0.39 is 0 Å². The molecule has 1 aromatic heterocycles. The van der Waals surface area contributed by atoms with Gasteiger partial charge in [0, 0.05) is 43.4 Å². The van der Waals surface area contributed by atoms with E-state index in [1.54, 1.807) is 4.90 Å². The van der Waals surface area contributed by atoms with Crippen molar-refractivity contribution in [2.75, 3.05) is 23.3 Å². The number of nitrogens with zero attached hydrogens (tertiary/aromatic N) is 3. The number of hydrogen-bond donors (Lipinski definition) is 1. The highest BCUT2D eigenvalue weighted by Gasteiger charge is 2.38. The molecule has 1 atom stereocenters. The van der Waals surface area contributed by atoms with Crippen LogP contribution < -0.4 is 10.2 Å². The van der Waals surface area contributed by atoms with Crippen LogP contribution in [0.2, 0.25) is 0 Å². The fourth-order valence-electron chi connectivity index (χ4n) is 3.69. The number of fused-ring (bicyclic) bond motifs is 1. The van der Waals surface area contributed by atoms with Gasteiger partial charge in [-0.2, -0.15) is 0 Å². The van der Waals surface area contributed by atoms with Crippen LogP contribution in [-0.4, -0.2) is 40.7 Å². The molecule has 3 heterocycles. The Labute approximate surface area is 167 Å². The zero-order valence-electron chi connectivity index (χ0n) is 15.9. The second-order valence-corrected chi connectivity index (χ2v) is 8.40. The second-order valence-electron chi connectivity index (χ2n) is 7.32. The van der Waals surface area contributed by atoms with Crippen molar-refractivity contribution in [3.8, 4) is 0 Å². The Morgan fingerprint density at radius 1 is 1.25 bits per heavy atom. The second kappa shape index (κ2) is 7.35. The Balaban J connectivity index is 1.44. The number of aromatic nitrogens is 1. The van der Waals surface area contributed by atoms with E-state index in [2.05, 4.69) is 10.3 Å². The Hall–Kier alpha value is -2.74. The van der Waals surface area contributed by atoms with Crippen molar-refractivity contribution in [1.29, 1.82) is 0 Å². The van der Waals surface area contributed by atoms with E-state index in [0.29, 0.717) is 31.2 Å². The first kappa shape index (κ1) is 18.6. The summed E-state index contributed by atoms with van der Waals surface area (Å²) in [6.07, 6.45) is 0.912. The predicted molar refractivity (Wildman–Crippen MR) is 107 cm³/mol. The van der Waals surface area contributed by atoms with Crippen molar-refractivity contribution >= 4 is 39.9 Å². The molecule has 1 N–H and O–H groups in total. The van der Waals surface area contributed by atoms with Crippen molar-refractivity contribution in [3.63, 3.8) is 0 Å². The molecule has 3 amide bonds. The molecule has 8 heteroatoms. The first-order chi connectivity index (χ1) is 13.4. The minimum Gasteiger partial charge on any atom is -0.337 e. The molecule has 2 aliphatic heterocycles. The van der Waals surface area contributed by atoms with Gasteiger partial charge in [-0.3, -0.25) is 14.4 Å². The molecule has 0 bridgehead atoms. The molecule has 4 rings (SSSR count). The van der Waals surface area contributed by atoms with Crippen LogP contribution in [0, 0.1) is 12.8 Å². The van der Waals surface area contributed by atoms with Crippen LogP contribution in [0.4, 0.5) is 10.8 Å². The Bertz CT molecular complexity index is 937. The summed E-state index contributed by atoms with van der Waals surface area (Å²) >= 11 is 1.41. The van der Waals surface area contributed by atoms with Crippen LogP contribution in [0.1, 0.15) is 29.5 Å². The average molecular weight is 398 g/mol. The van der Waals surface area contributed by atoms with Crippen LogP contribution in [0.15, 0.2) is 24.3 Å². The summed E-state index contributed by atoms with van der Waals surface area (Å²) in [6.45, 7) is 4.95. The van der Waals surface area contributed by atoms with E-state index in [1.165, 1.54) is 18.3 Å². The topological polar surface area (TPSA) is 82.6 Å². The van der Waals surface area contributed by atoms with Crippen LogP contribution in [0.3, 0.4) is 0 Å². The maximum Gasteiger partial charge on any atom is 0.228 e. The number of amides is 3. The molecule has 2 aliphatic rings. The minimum atomic E-state index is -0.321. The van der Waals surface area contributed by atoms with E-state index in [-0.39, 0.29) is 30.1 Å². The number of rotatable bonds is 3. The van der Waals surface area contributed by atoms with E-state index in [4.69, 9.17) is 0 Å². The third kappa shape index (κ3) is 3.64. The maximum atomic E-state index is 13.0. The Kier molecular flexibility index (Phi) is 4.89. The van der Waals surface area contributed by atoms with Crippen molar-refractivity contribution in [2.45, 2.75) is 33.2 Å². The lowest BCUT2D eigenvalue weighted by atomic mass is 10.1. The number of hydrogen-bond acceptors (Lipinski definition) is 5. The first-order valence-electron chi connectivity index (χ1n) is 9.32. The molecule has 1 unspecified atom stereocenters. The summed E-state index contributed by atoms with van der Waals surface area (Å²) < 4.78 is 0. The van der Waals surface area contributed by atoms with Gasteiger partial charge in [-0.25, -0.2) is 4.98 Å². The highest BCUT2D eigenvalue weighted by molar-refractivity contribution is 7.15. The third-order valence-corrected chi connectivity index (χ3v) is 6.14. The van der Waals surface area contributed by atoms with Crippen molar-refractivity contribution in [3.05, 3.63) is 40.4 Å². The van der Waals surface area contributed by atoms with Crippen LogP contribution >= 0.6 is 11.3 Å². The van der Waals surface area contributed by atoms with Gasteiger partial charge in [0.2, 0.25) is 17.7 Å². The molecule has 0 saturated carbocycles. The third-order valence-electron chi connectivity index (χ3n) is 5.15. The molecular formula is C20H22N4O3S. The highest BCUT2D eigenvalue weighted by Crippen LogP contribution is 2.31. The van der Waals surface area contributed by atoms with Gasteiger partial charge in [-0.05, 0) is 19.1 Å². The zero-order chi connectivity index (χ0) is 19.8. The predicted octanol–water partition coefficient (Wildman–Crippen LogP) is 2.35. The molecule has 2 aromatic rings. The SMILES string of the molecule is CC(=O)Nc1nc2c(s1)CN(C(=O)C1CC(=O)N(c3ccc(C)cc3)C1)CC2. The number of thiazole rings is 1. The van der Waals surface area contributed by atoms with Gasteiger partial charge in [0.05, 0.1) is 18.2 Å². The highest BCUT2D eigenvalue weighted by atomic mass is 32.1. The summed E-state index contributed by atoms with van der Waals surface area (Å²) in [5.41, 5.74) is 2.92. The summed E-state index contributed by atoms with van der Waals surface area (Å²) in [7, 11) is 0. The van der Waals surface area contributed by atoms with Crippen molar-refractivity contribution in [2.24, 2.45) is 5.92 Å². The Morgan fingerprint density at radius 2 is 2.00 bits per heavy atom. The standard InChI is InChI=1S/C20H22N4O3S/c1-12-3-5-15(6-4-12)24-10-14(9-18(24)26)19(27)23-8-7-16-17(11-23)28-20(22-16)21-13(2)25/h3-6,14H,7-11H2,1-2H3,(H,21,22,25). The average Bonchev–Trinajstić information content (AvgIpc) is 3.23. The molecule has 1 aromatic carbocycles. The van der Waals surface area contributed by atoms with E-state index in [9.17, 15) is 14.4 Å². The lowest BCUT2D eigenvalue weighted by Crippen LogP contribution is -2.40. The fraction of sp³-hybridized carbons (Fsp3) is 0.400. The summed E-state index contributed by atoms with van der Waals surface area (Å²) in [5, 5.41) is 3.29. The fourth-order valence-corrected chi connectivity index (χ4v) is 4.76. The van der Waals surface area contributed by atoms with Crippen molar-refractivity contribution < 1.29 is 14.4 Å². The first-order valence-corrected chi connectivity index (χ1v) is 10.1. The molecule has 28 heavy (non-hydrogen) atoms.